The van der Waals surface area contributed by atoms with E-state index in [1.165, 1.54) is 4.90 Å². The average Bonchev–Trinajstić information content (AvgIpc) is 3.10. The molecule has 1 aromatic heterocycles. The van der Waals surface area contributed by atoms with Gasteiger partial charge in [0.2, 0.25) is 5.78 Å². The van der Waals surface area contributed by atoms with Crippen LogP contribution in [0.15, 0.2) is 60.8 Å². The zero-order valence-electron chi connectivity index (χ0n) is 14.9. The molecule has 0 saturated carbocycles. The third kappa shape index (κ3) is 2.97. The number of hydrogen-bond acceptors (Lipinski definition) is 2. The fraction of sp³-hybridized carbons (Fsp3) is 0.273. The summed E-state index contributed by atoms with van der Waals surface area (Å²) < 4.78 is 0. The molecule has 2 heterocycles. The van der Waals surface area contributed by atoms with Crippen LogP contribution in [0.2, 0.25) is 0 Å². The molecule has 2 N–H and O–H groups in total. The van der Waals surface area contributed by atoms with Crippen LogP contribution in [-0.2, 0) is 4.79 Å². The lowest BCUT2D eigenvalue weighted by molar-refractivity contribution is -0.929. The molecule has 0 spiro atoms. The lowest BCUT2D eigenvalue weighted by atomic mass is 9.84. The van der Waals surface area contributed by atoms with Gasteiger partial charge in [-0.15, -0.1) is 0 Å². The molecule has 4 rings (SSSR count). The normalized spacial score (nSPS) is 23.3. The molecule has 3 aromatic rings. The molecule has 0 radical (unpaired) electrons. The van der Waals surface area contributed by atoms with E-state index < -0.39 is 0 Å². The van der Waals surface area contributed by atoms with Crippen LogP contribution < -0.4 is 4.90 Å². The third-order valence-electron chi connectivity index (χ3n) is 5.58. The van der Waals surface area contributed by atoms with Crippen molar-refractivity contribution < 1.29 is 14.5 Å². The number of piperidine rings is 1. The second kappa shape index (κ2) is 6.89. The van der Waals surface area contributed by atoms with Crippen molar-refractivity contribution in [3.63, 3.8) is 0 Å². The first-order valence-electron chi connectivity index (χ1n) is 9.16. The van der Waals surface area contributed by atoms with Gasteiger partial charge in [-0.3, -0.25) is 9.59 Å². The fourth-order valence-corrected chi connectivity index (χ4v) is 4.19. The van der Waals surface area contributed by atoms with Gasteiger partial charge in [-0.1, -0.05) is 48.5 Å². The first-order chi connectivity index (χ1) is 12.6. The van der Waals surface area contributed by atoms with Crippen molar-refractivity contribution in [3.8, 4) is 0 Å². The summed E-state index contributed by atoms with van der Waals surface area (Å²) in [7, 11) is 0. The fourth-order valence-electron chi connectivity index (χ4n) is 4.19. The number of quaternary nitrogens is 1. The molecule has 0 amide bonds. The van der Waals surface area contributed by atoms with E-state index in [2.05, 4.69) is 17.1 Å². The number of aromatic nitrogens is 1. The molecule has 1 aliphatic heterocycles. The maximum absolute atomic E-state index is 13.0. The number of likely N-dealkylation sites (tertiary alicyclic amines) is 1. The van der Waals surface area contributed by atoms with Crippen LogP contribution in [0.3, 0.4) is 0 Å². The van der Waals surface area contributed by atoms with Crippen LogP contribution in [-0.4, -0.2) is 29.6 Å². The van der Waals surface area contributed by atoms with Crippen LogP contribution in [0.5, 0.6) is 0 Å². The van der Waals surface area contributed by atoms with Crippen LogP contribution in [0, 0.1) is 5.92 Å². The van der Waals surface area contributed by atoms with E-state index in [1.54, 1.807) is 0 Å². The molecule has 0 aliphatic carbocycles. The van der Waals surface area contributed by atoms with Crippen molar-refractivity contribution in [2.45, 2.75) is 19.4 Å². The van der Waals surface area contributed by atoms with Crippen LogP contribution in [0.4, 0.5) is 0 Å². The third-order valence-corrected chi connectivity index (χ3v) is 5.58. The Morgan fingerprint density at radius 2 is 1.85 bits per heavy atom. The second-order valence-electron chi connectivity index (χ2n) is 7.15. The van der Waals surface area contributed by atoms with E-state index in [4.69, 9.17) is 0 Å². The van der Waals surface area contributed by atoms with Crippen molar-refractivity contribution in [1.29, 1.82) is 0 Å². The molecule has 4 heteroatoms. The van der Waals surface area contributed by atoms with Crippen molar-refractivity contribution in [3.05, 3.63) is 71.9 Å². The van der Waals surface area contributed by atoms with E-state index in [0.29, 0.717) is 25.3 Å². The van der Waals surface area contributed by atoms with E-state index >= 15 is 0 Å². The van der Waals surface area contributed by atoms with E-state index in [-0.39, 0.29) is 17.7 Å². The Labute approximate surface area is 152 Å². The second-order valence-corrected chi connectivity index (χ2v) is 7.15. The highest BCUT2D eigenvalue weighted by Crippen LogP contribution is 2.24. The molecule has 2 aromatic carbocycles. The van der Waals surface area contributed by atoms with Gasteiger partial charge in [-0.2, -0.15) is 0 Å². The molecular formula is C22H23N2O2+. The molecule has 132 valence electrons. The Balaban J connectivity index is 1.63. The van der Waals surface area contributed by atoms with E-state index in [1.807, 2.05) is 55.6 Å². The Morgan fingerprint density at radius 1 is 1.12 bits per heavy atom. The minimum absolute atomic E-state index is 0.0339. The molecule has 1 unspecified atom stereocenters. The number of nitrogens with one attached hydrogen (secondary N) is 2. The number of fused-ring (bicyclic) bond motifs is 1. The number of Topliss-reactive ketones (excluding diaryl/α,β-unsaturated/α-hetero) is 2. The summed E-state index contributed by atoms with van der Waals surface area (Å²) >= 11 is 0. The molecular weight excluding hydrogens is 324 g/mol. The Morgan fingerprint density at radius 3 is 2.65 bits per heavy atom. The monoisotopic (exact) mass is 347 g/mol. The van der Waals surface area contributed by atoms with Crippen LogP contribution in [0.25, 0.3) is 10.9 Å². The Bertz CT molecular complexity index is 945. The van der Waals surface area contributed by atoms with Gasteiger partial charge in [0.15, 0.2) is 0 Å². The van der Waals surface area contributed by atoms with Crippen LogP contribution in [0.1, 0.15) is 35.3 Å². The summed E-state index contributed by atoms with van der Waals surface area (Å²) in [5.74, 6) is 0.346. The number of H-pyrrole nitrogens is 1. The number of carbonyl (C=O) groups excluding carboxylic acids is 2. The van der Waals surface area contributed by atoms with Gasteiger partial charge in [-0.25, -0.2) is 0 Å². The summed E-state index contributed by atoms with van der Waals surface area (Å²) in [4.78, 5) is 29.7. The maximum atomic E-state index is 13.0. The van der Waals surface area contributed by atoms with Gasteiger partial charge in [0, 0.05) is 28.2 Å². The number of rotatable bonds is 4. The molecule has 0 bridgehead atoms. The van der Waals surface area contributed by atoms with E-state index in [0.717, 1.165) is 22.0 Å². The number of aromatic amines is 1. The highest BCUT2D eigenvalue weighted by Gasteiger charge is 2.39. The van der Waals surface area contributed by atoms with Crippen molar-refractivity contribution in [2.24, 2.45) is 5.92 Å². The summed E-state index contributed by atoms with van der Waals surface area (Å²) in [6, 6.07) is 18.0. The molecule has 26 heavy (non-hydrogen) atoms. The summed E-state index contributed by atoms with van der Waals surface area (Å²) in [6.07, 6.45) is 2.35. The summed E-state index contributed by atoms with van der Waals surface area (Å²) in [5, 5.41) is 0.967. The lowest BCUT2D eigenvalue weighted by Gasteiger charge is -2.36. The van der Waals surface area contributed by atoms with Gasteiger partial charge >= 0.3 is 0 Å². The minimum Gasteiger partial charge on any atom is -0.360 e. The molecule has 4 nitrogen and oxygen atoms in total. The lowest BCUT2D eigenvalue weighted by Crippen LogP contribution is -3.15. The van der Waals surface area contributed by atoms with Gasteiger partial charge in [0.25, 0.3) is 0 Å². The smallest absolute Gasteiger partial charge is 0.219 e. The van der Waals surface area contributed by atoms with Crippen molar-refractivity contribution in [1.82, 2.24) is 4.98 Å². The largest absolute Gasteiger partial charge is 0.360 e. The average molecular weight is 347 g/mol. The molecule has 1 fully saturated rings. The van der Waals surface area contributed by atoms with Gasteiger partial charge in [-0.05, 0) is 13.0 Å². The number of carbonyl (C=O) groups is 2. The van der Waals surface area contributed by atoms with Crippen molar-refractivity contribution in [2.75, 3.05) is 13.1 Å². The maximum Gasteiger partial charge on any atom is 0.219 e. The van der Waals surface area contributed by atoms with Gasteiger partial charge < -0.3 is 9.88 Å². The SMILES string of the molecule is C[C@H]1C(=O)CC[NH+](CC(=O)c2c[nH]c3ccccc23)[C@H]1c1ccccc1. The highest BCUT2D eigenvalue weighted by atomic mass is 16.1. The van der Waals surface area contributed by atoms with Crippen molar-refractivity contribution >= 4 is 22.5 Å². The predicted octanol–water partition coefficient (Wildman–Crippen LogP) is 2.59. The van der Waals surface area contributed by atoms with Crippen LogP contribution >= 0.6 is 0 Å². The van der Waals surface area contributed by atoms with E-state index in [9.17, 15) is 9.59 Å². The number of hydrogen-bond donors (Lipinski definition) is 2. The quantitative estimate of drug-likeness (QED) is 0.713. The summed E-state index contributed by atoms with van der Waals surface area (Å²) in [6.45, 7) is 3.10. The Hall–Kier alpha value is -2.72. The highest BCUT2D eigenvalue weighted by molar-refractivity contribution is 6.08. The number of para-hydroxylation sites is 1. The molecule has 1 aliphatic rings. The summed E-state index contributed by atoms with van der Waals surface area (Å²) in [5.41, 5.74) is 2.85. The molecule has 1 saturated heterocycles. The van der Waals surface area contributed by atoms with Gasteiger partial charge in [0.1, 0.15) is 18.4 Å². The van der Waals surface area contributed by atoms with Gasteiger partial charge in [0.05, 0.1) is 18.9 Å². The standard InChI is InChI=1S/C22H22N2O2/c1-15-20(25)11-12-24(22(15)16-7-3-2-4-8-16)14-21(26)18-13-23-19-10-6-5-9-17(18)19/h2-10,13,15,22-23H,11-12,14H2,1H3/p+1/t15-,22+/m0/s1. The zero-order chi connectivity index (χ0) is 18.1. The Kier molecular flexibility index (Phi) is 4.43. The molecule has 3 atom stereocenters. The zero-order valence-corrected chi connectivity index (χ0v) is 14.9. The predicted molar refractivity (Wildman–Crippen MR) is 101 cm³/mol. The first-order valence-corrected chi connectivity index (χ1v) is 9.16. The topological polar surface area (TPSA) is 54.4 Å². The minimum atomic E-state index is -0.0723. The number of ketones is 2. The first kappa shape index (κ1) is 16.7. The number of benzene rings is 2.